The van der Waals surface area contributed by atoms with E-state index in [1.807, 2.05) is 20.0 Å². The highest BCUT2D eigenvalue weighted by atomic mass is 16.7. The lowest BCUT2D eigenvalue weighted by atomic mass is 9.97. The molecule has 0 unspecified atom stereocenters. The number of esters is 1. The summed E-state index contributed by atoms with van der Waals surface area (Å²) >= 11 is 0. The molecule has 7 nitrogen and oxygen atoms in total. The number of ether oxygens (including phenoxy) is 3. The highest BCUT2D eigenvalue weighted by molar-refractivity contribution is 5.87. The number of hydrogen-bond acceptors (Lipinski definition) is 6. The van der Waals surface area contributed by atoms with Gasteiger partial charge in [-0.1, -0.05) is 67.5 Å². The SMILES string of the molecule is CN[C@H]1[C@@H](OC(C)=O)C[C@@H](O[C@H]2C/C=C(\C)C/C(C)=C/C=C/CC[C@H](C)CNC(=O)/C=C/C=C/[C@@H]2C)O[C@@H]1C. The molecule has 2 aliphatic heterocycles. The molecule has 2 N–H and O–H groups in total. The van der Waals surface area contributed by atoms with Crippen LogP contribution in [0.2, 0.25) is 0 Å². The van der Waals surface area contributed by atoms with E-state index < -0.39 is 6.29 Å². The molecule has 0 radical (unpaired) electrons. The first-order valence-corrected chi connectivity index (χ1v) is 14.3. The number of rotatable bonds is 4. The predicted octanol–water partition coefficient (Wildman–Crippen LogP) is 5.55. The third kappa shape index (κ3) is 12.5. The van der Waals surface area contributed by atoms with E-state index in [1.165, 1.54) is 18.1 Å². The largest absolute Gasteiger partial charge is 0.461 e. The number of likely N-dealkylation sites (N-methyl/N-ethyl adjacent to an activating group) is 1. The second-order valence-corrected chi connectivity index (χ2v) is 11.1. The molecular weight excluding hydrogens is 492 g/mol. The van der Waals surface area contributed by atoms with E-state index in [0.717, 1.165) is 19.3 Å². The molecule has 7 atom stereocenters. The Hall–Kier alpha value is -2.48. The van der Waals surface area contributed by atoms with Crippen LogP contribution in [0, 0.1) is 11.8 Å². The molecule has 0 aliphatic carbocycles. The molecular formula is C32H50N2O5. The molecule has 7 heteroatoms. The molecule has 1 fully saturated rings. The first-order valence-electron chi connectivity index (χ1n) is 14.3. The Labute approximate surface area is 235 Å². The summed E-state index contributed by atoms with van der Waals surface area (Å²) in [7, 11) is 1.85. The summed E-state index contributed by atoms with van der Waals surface area (Å²) in [5.74, 6) is 0.0678. The molecule has 218 valence electrons. The molecule has 0 saturated carbocycles. The Morgan fingerprint density at radius 1 is 1.10 bits per heavy atom. The fourth-order valence-electron chi connectivity index (χ4n) is 4.99. The highest BCUT2D eigenvalue weighted by Gasteiger charge is 2.39. The Morgan fingerprint density at radius 2 is 1.87 bits per heavy atom. The molecule has 0 aromatic carbocycles. The summed E-state index contributed by atoms with van der Waals surface area (Å²) in [4.78, 5) is 24.0. The van der Waals surface area contributed by atoms with Gasteiger partial charge in [-0.15, -0.1) is 0 Å². The molecule has 0 aromatic rings. The Kier molecular flexibility index (Phi) is 14.5. The first kappa shape index (κ1) is 32.7. The van der Waals surface area contributed by atoms with Crippen LogP contribution in [-0.4, -0.2) is 56.1 Å². The fraction of sp³-hybridized carbons (Fsp3) is 0.625. The molecule has 1 amide bonds. The van der Waals surface area contributed by atoms with Gasteiger partial charge in [0.2, 0.25) is 5.91 Å². The topological polar surface area (TPSA) is 85.9 Å². The number of hydrogen-bond donors (Lipinski definition) is 2. The van der Waals surface area contributed by atoms with Gasteiger partial charge in [0.25, 0.3) is 0 Å². The molecule has 0 bridgehead atoms. The number of carbonyl (C=O) groups is 2. The van der Waals surface area contributed by atoms with Crippen LogP contribution < -0.4 is 10.6 Å². The first-order chi connectivity index (χ1) is 18.6. The summed E-state index contributed by atoms with van der Waals surface area (Å²) in [6, 6.07) is -0.102. The summed E-state index contributed by atoms with van der Waals surface area (Å²) < 4.78 is 18.3. The van der Waals surface area contributed by atoms with Crippen molar-refractivity contribution >= 4 is 11.9 Å². The van der Waals surface area contributed by atoms with Crippen LogP contribution in [0.25, 0.3) is 0 Å². The van der Waals surface area contributed by atoms with E-state index in [-0.39, 0.29) is 42.1 Å². The molecule has 1 saturated heterocycles. The molecule has 0 spiro atoms. The van der Waals surface area contributed by atoms with Gasteiger partial charge in [-0.2, -0.15) is 0 Å². The van der Waals surface area contributed by atoms with Gasteiger partial charge in [-0.05, 0) is 59.4 Å². The maximum Gasteiger partial charge on any atom is 0.302 e. The maximum atomic E-state index is 12.2. The van der Waals surface area contributed by atoms with Crippen molar-refractivity contribution in [2.75, 3.05) is 13.6 Å². The number of amides is 1. The van der Waals surface area contributed by atoms with Gasteiger partial charge in [0.15, 0.2) is 6.29 Å². The Morgan fingerprint density at radius 3 is 2.59 bits per heavy atom. The second kappa shape index (κ2) is 17.3. The third-order valence-electron chi connectivity index (χ3n) is 7.26. The van der Waals surface area contributed by atoms with Crippen LogP contribution in [-0.2, 0) is 23.8 Å². The molecule has 2 aliphatic rings. The summed E-state index contributed by atoms with van der Waals surface area (Å²) in [6.07, 6.45) is 19.0. The van der Waals surface area contributed by atoms with Crippen molar-refractivity contribution in [2.24, 2.45) is 11.8 Å². The number of nitrogens with one attached hydrogen (secondary N) is 2. The summed E-state index contributed by atoms with van der Waals surface area (Å²) in [6.45, 7) is 12.6. The van der Waals surface area contributed by atoms with Gasteiger partial charge in [0.1, 0.15) is 6.10 Å². The predicted molar refractivity (Wildman–Crippen MR) is 157 cm³/mol. The van der Waals surface area contributed by atoms with Gasteiger partial charge in [0, 0.05) is 31.9 Å². The normalized spacial score (nSPS) is 37.2. The van der Waals surface area contributed by atoms with E-state index >= 15 is 0 Å². The van der Waals surface area contributed by atoms with Gasteiger partial charge in [-0.3, -0.25) is 9.59 Å². The van der Waals surface area contributed by atoms with Gasteiger partial charge in [-0.25, -0.2) is 0 Å². The van der Waals surface area contributed by atoms with Crippen molar-refractivity contribution in [1.29, 1.82) is 0 Å². The van der Waals surface area contributed by atoms with Gasteiger partial charge >= 0.3 is 5.97 Å². The average molecular weight is 543 g/mol. The zero-order valence-electron chi connectivity index (χ0n) is 24.9. The van der Waals surface area contributed by atoms with Gasteiger partial charge in [0.05, 0.1) is 18.2 Å². The Balaban J connectivity index is 2.22. The molecule has 2 rings (SSSR count). The van der Waals surface area contributed by atoms with E-state index in [4.69, 9.17) is 14.2 Å². The monoisotopic (exact) mass is 542 g/mol. The lowest BCUT2D eigenvalue weighted by Gasteiger charge is -2.41. The van der Waals surface area contributed by atoms with E-state index in [1.54, 1.807) is 12.2 Å². The quantitative estimate of drug-likeness (QED) is 0.358. The van der Waals surface area contributed by atoms with Crippen molar-refractivity contribution in [3.63, 3.8) is 0 Å². The number of allylic oxidation sites excluding steroid dienone is 7. The van der Waals surface area contributed by atoms with Crippen LogP contribution in [0.5, 0.6) is 0 Å². The van der Waals surface area contributed by atoms with Gasteiger partial charge < -0.3 is 24.8 Å². The lowest BCUT2D eigenvalue weighted by Crippen LogP contribution is -2.55. The molecule has 0 aromatic heterocycles. The molecule has 2 heterocycles. The smallest absolute Gasteiger partial charge is 0.302 e. The number of carbonyl (C=O) groups excluding carboxylic acids is 2. The fourth-order valence-corrected chi connectivity index (χ4v) is 4.99. The van der Waals surface area contributed by atoms with Crippen LogP contribution in [0.1, 0.15) is 73.6 Å². The van der Waals surface area contributed by atoms with E-state index in [2.05, 4.69) is 68.7 Å². The van der Waals surface area contributed by atoms with Crippen molar-refractivity contribution in [3.8, 4) is 0 Å². The van der Waals surface area contributed by atoms with E-state index in [0.29, 0.717) is 25.3 Å². The van der Waals surface area contributed by atoms with Crippen LogP contribution in [0.4, 0.5) is 0 Å². The van der Waals surface area contributed by atoms with Crippen LogP contribution in [0.3, 0.4) is 0 Å². The van der Waals surface area contributed by atoms with Crippen molar-refractivity contribution < 1.29 is 23.8 Å². The minimum atomic E-state index is -0.496. The van der Waals surface area contributed by atoms with Crippen molar-refractivity contribution in [3.05, 3.63) is 59.8 Å². The third-order valence-corrected chi connectivity index (χ3v) is 7.26. The maximum absolute atomic E-state index is 12.2. The second-order valence-electron chi connectivity index (χ2n) is 11.1. The minimum Gasteiger partial charge on any atom is -0.461 e. The van der Waals surface area contributed by atoms with Crippen molar-refractivity contribution in [1.82, 2.24) is 10.6 Å². The van der Waals surface area contributed by atoms with E-state index in [9.17, 15) is 9.59 Å². The zero-order chi connectivity index (χ0) is 28.8. The molecule has 39 heavy (non-hydrogen) atoms. The zero-order valence-corrected chi connectivity index (χ0v) is 24.9. The van der Waals surface area contributed by atoms with Crippen molar-refractivity contribution in [2.45, 2.75) is 104 Å². The van der Waals surface area contributed by atoms with Crippen LogP contribution >= 0.6 is 0 Å². The summed E-state index contributed by atoms with van der Waals surface area (Å²) in [5.41, 5.74) is 2.59. The Bertz CT molecular complexity index is 935. The highest BCUT2D eigenvalue weighted by Crippen LogP contribution is 2.27. The minimum absolute atomic E-state index is 0.0556. The lowest BCUT2D eigenvalue weighted by molar-refractivity contribution is -0.244. The average Bonchev–Trinajstić information content (AvgIpc) is 2.86. The summed E-state index contributed by atoms with van der Waals surface area (Å²) in [5, 5.41) is 6.20. The standard InChI is InChI=1S/C32H50N2O5/c1-22-13-9-8-10-14-24(3)21-34-30(36)16-12-11-15-25(4)28(18-17-23(2)19-22)39-31-20-29(38-27(6)35)32(33-7)26(5)37-31/h8-9,11-13,15-17,24-26,28-29,31-33H,10,14,18-21H2,1-7H3,(H,34,36)/b9-8+,15-11+,16-12+,22-13+,23-17+/t24-,25-,26+,28-,29-,31+,32+/m0/s1. The van der Waals surface area contributed by atoms with Crippen LogP contribution in [0.15, 0.2) is 59.8 Å².